The first-order chi connectivity index (χ1) is 22.5. The van der Waals surface area contributed by atoms with Gasteiger partial charge in [-0.25, -0.2) is 4.79 Å². The summed E-state index contributed by atoms with van der Waals surface area (Å²) in [7, 11) is 0. The molecule has 0 spiro atoms. The third-order valence-electron chi connectivity index (χ3n) is 7.91. The van der Waals surface area contributed by atoms with Crippen LogP contribution in [0.2, 0.25) is 0 Å². The number of carbonyl (C=O) groups is 3. The van der Waals surface area contributed by atoms with Gasteiger partial charge in [0.15, 0.2) is 11.9 Å². The zero-order chi connectivity index (χ0) is 32.8. The largest absolute Gasteiger partial charge is 0.485 e. The molecule has 0 aromatic heterocycles. The molecule has 0 bridgehead atoms. The fourth-order valence-electron chi connectivity index (χ4n) is 5.37. The molecule has 252 valence electrons. The van der Waals surface area contributed by atoms with Crippen LogP contribution in [0.5, 0.6) is 0 Å². The van der Waals surface area contributed by atoms with Crippen LogP contribution in [0.25, 0.3) is 0 Å². The summed E-state index contributed by atoms with van der Waals surface area (Å²) in [6.45, 7) is 3.46. The van der Waals surface area contributed by atoms with E-state index in [0.717, 1.165) is 30.4 Å². The number of ether oxygens (including phenoxy) is 5. The maximum absolute atomic E-state index is 13.0. The highest BCUT2D eigenvalue weighted by molar-refractivity contribution is 5.89. The lowest BCUT2D eigenvalue weighted by molar-refractivity contribution is -0.170. The minimum absolute atomic E-state index is 0.0970. The van der Waals surface area contributed by atoms with Crippen molar-refractivity contribution < 1.29 is 38.1 Å². The smallest absolute Gasteiger partial charge is 0.378 e. The summed E-state index contributed by atoms with van der Waals surface area (Å²) < 4.78 is 28.6. The van der Waals surface area contributed by atoms with E-state index in [1.165, 1.54) is 71.1 Å². The van der Waals surface area contributed by atoms with E-state index in [2.05, 4.69) is 6.92 Å². The van der Waals surface area contributed by atoms with E-state index >= 15 is 0 Å². The Balaban J connectivity index is 1.48. The second-order valence-corrected chi connectivity index (χ2v) is 11.9. The third kappa shape index (κ3) is 14.1. The topological polar surface area (TPSA) is 97.4 Å². The molecule has 0 N–H and O–H groups in total. The molecule has 0 amide bonds. The Bertz CT molecular complexity index is 1190. The van der Waals surface area contributed by atoms with Gasteiger partial charge in [0.1, 0.15) is 19.8 Å². The van der Waals surface area contributed by atoms with Gasteiger partial charge < -0.3 is 23.7 Å². The van der Waals surface area contributed by atoms with Gasteiger partial charge in [0.2, 0.25) is 11.9 Å². The first-order valence-electron chi connectivity index (χ1n) is 17.1. The number of hydrogen-bond donors (Lipinski definition) is 0. The van der Waals surface area contributed by atoms with Crippen molar-refractivity contribution in [3.05, 3.63) is 83.3 Å². The lowest BCUT2D eigenvalue weighted by Crippen LogP contribution is -2.38. The summed E-state index contributed by atoms with van der Waals surface area (Å²) in [5, 5.41) is 0. The third-order valence-corrected chi connectivity index (χ3v) is 7.91. The number of carbonyl (C=O) groups excluding carboxylic acids is 3. The van der Waals surface area contributed by atoms with E-state index < -0.39 is 24.1 Å². The highest BCUT2D eigenvalue weighted by Crippen LogP contribution is 2.30. The molecule has 0 saturated carbocycles. The molecule has 2 aromatic rings. The predicted octanol–water partition coefficient (Wildman–Crippen LogP) is 8.51. The van der Waals surface area contributed by atoms with E-state index in [-0.39, 0.29) is 43.7 Å². The van der Waals surface area contributed by atoms with Crippen LogP contribution in [0.3, 0.4) is 0 Å². The molecule has 2 aromatic carbocycles. The Hall–Kier alpha value is -3.81. The lowest BCUT2D eigenvalue weighted by atomic mass is 10.0. The Morgan fingerprint density at radius 2 is 1.22 bits per heavy atom. The van der Waals surface area contributed by atoms with Crippen molar-refractivity contribution in [1.82, 2.24) is 0 Å². The number of cyclic esters (lactones) is 1. The number of unbranched alkanes of at least 4 members (excludes halogenated alkanes) is 12. The first kappa shape index (κ1) is 36.7. The van der Waals surface area contributed by atoms with Crippen LogP contribution in [-0.4, -0.2) is 36.7 Å². The zero-order valence-corrected chi connectivity index (χ0v) is 27.7. The standard InChI is InChI=1S/C38H52O8/c1-3-4-5-6-7-8-9-10-11-12-13-14-21-26-34(40)42-29-33(45-30(2)39)35-36(43-27-31-22-17-15-18-23-31)37(38(41)46-35)44-28-32-24-19-16-20-25-32/h15-20,22-25,33,35H,3-14,21,26-29H2,1-2H3/t33-,35+/m0/s1. The van der Waals surface area contributed by atoms with Crippen LogP contribution in [0.15, 0.2) is 72.2 Å². The summed E-state index contributed by atoms with van der Waals surface area (Å²) in [4.78, 5) is 37.6. The quantitative estimate of drug-likeness (QED) is 0.0643. The molecule has 8 heteroatoms. The SMILES string of the molecule is CCCCCCCCCCCCCCCC(=O)OC[C@H](OC(C)=O)[C@H]1OC(=O)C(OCc2ccccc2)=C1OCc1ccccc1. The monoisotopic (exact) mass is 636 g/mol. The van der Waals surface area contributed by atoms with Gasteiger partial charge in [-0.05, 0) is 17.5 Å². The molecule has 0 aliphatic carbocycles. The second kappa shape index (κ2) is 21.8. The van der Waals surface area contributed by atoms with Crippen molar-refractivity contribution in [2.75, 3.05) is 6.61 Å². The maximum Gasteiger partial charge on any atom is 0.378 e. The Labute approximate surface area is 274 Å². The Morgan fingerprint density at radius 3 is 1.74 bits per heavy atom. The molecule has 3 rings (SSSR count). The number of esters is 3. The van der Waals surface area contributed by atoms with E-state index in [9.17, 15) is 14.4 Å². The fraction of sp³-hybridized carbons (Fsp3) is 0.553. The molecule has 0 fully saturated rings. The minimum atomic E-state index is -1.13. The molecule has 1 aliphatic heterocycles. The van der Waals surface area contributed by atoms with Crippen molar-refractivity contribution in [3.8, 4) is 0 Å². The summed E-state index contributed by atoms with van der Waals surface area (Å²) >= 11 is 0. The molecule has 46 heavy (non-hydrogen) atoms. The minimum Gasteiger partial charge on any atom is -0.485 e. The van der Waals surface area contributed by atoms with Gasteiger partial charge >= 0.3 is 17.9 Å². The highest BCUT2D eigenvalue weighted by atomic mass is 16.6. The van der Waals surface area contributed by atoms with Crippen LogP contribution in [0, 0.1) is 0 Å². The maximum atomic E-state index is 13.0. The van der Waals surface area contributed by atoms with E-state index in [0.29, 0.717) is 0 Å². The molecule has 0 radical (unpaired) electrons. The van der Waals surface area contributed by atoms with E-state index in [4.69, 9.17) is 23.7 Å². The normalized spacial score (nSPS) is 14.9. The average Bonchev–Trinajstić information content (AvgIpc) is 3.38. The van der Waals surface area contributed by atoms with Crippen molar-refractivity contribution >= 4 is 17.9 Å². The van der Waals surface area contributed by atoms with Gasteiger partial charge in [-0.15, -0.1) is 0 Å². The second-order valence-electron chi connectivity index (χ2n) is 11.9. The molecule has 2 atom stereocenters. The molecule has 0 saturated heterocycles. The van der Waals surface area contributed by atoms with Gasteiger partial charge in [0, 0.05) is 13.3 Å². The van der Waals surface area contributed by atoms with E-state index in [1.807, 2.05) is 60.7 Å². The average molecular weight is 637 g/mol. The first-order valence-corrected chi connectivity index (χ1v) is 17.1. The molecule has 8 nitrogen and oxygen atoms in total. The molecular formula is C38H52O8. The van der Waals surface area contributed by atoms with Crippen molar-refractivity contribution in [3.63, 3.8) is 0 Å². The van der Waals surface area contributed by atoms with Gasteiger partial charge in [-0.2, -0.15) is 0 Å². The fourth-order valence-corrected chi connectivity index (χ4v) is 5.37. The Morgan fingerprint density at radius 1 is 0.717 bits per heavy atom. The molecular weight excluding hydrogens is 584 g/mol. The van der Waals surface area contributed by atoms with Crippen LogP contribution in [-0.2, 0) is 51.3 Å². The summed E-state index contributed by atoms with van der Waals surface area (Å²) in [6, 6.07) is 18.8. The number of rotatable bonds is 24. The molecule has 1 heterocycles. The van der Waals surface area contributed by atoms with Gasteiger partial charge in [0.05, 0.1) is 0 Å². The molecule has 0 unspecified atom stereocenters. The summed E-state index contributed by atoms with van der Waals surface area (Å²) in [5.41, 5.74) is 1.72. The van der Waals surface area contributed by atoms with E-state index in [1.54, 1.807) is 0 Å². The van der Waals surface area contributed by atoms with Gasteiger partial charge in [-0.1, -0.05) is 145 Å². The van der Waals surface area contributed by atoms with Crippen LogP contribution in [0.1, 0.15) is 115 Å². The Kier molecular flexibility index (Phi) is 17.4. The van der Waals surface area contributed by atoms with Crippen molar-refractivity contribution in [1.29, 1.82) is 0 Å². The van der Waals surface area contributed by atoms with Crippen LogP contribution in [0.4, 0.5) is 0 Å². The number of hydrogen-bond acceptors (Lipinski definition) is 8. The van der Waals surface area contributed by atoms with Gasteiger partial charge in [0.25, 0.3) is 0 Å². The van der Waals surface area contributed by atoms with Crippen LogP contribution < -0.4 is 0 Å². The predicted molar refractivity (Wildman–Crippen MR) is 176 cm³/mol. The van der Waals surface area contributed by atoms with Crippen LogP contribution >= 0.6 is 0 Å². The lowest BCUT2D eigenvalue weighted by Gasteiger charge is -2.24. The van der Waals surface area contributed by atoms with Crippen molar-refractivity contribution in [2.45, 2.75) is 129 Å². The summed E-state index contributed by atoms with van der Waals surface area (Å²) in [5.74, 6) is -1.72. The summed E-state index contributed by atoms with van der Waals surface area (Å²) in [6.07, 6.45) is 13.9. The zero-order valence-electron chi connectivity index (χ0n) is 27.7. The number of benzene rings is 2. The van der Waals surface area contributed by atoms with Gasteiger partial charge in [-0.3, -0.25) is 9.59 Å². The molecule has 1 aliphatic rings. The van der Waals surface area contributed by atoms with Crippen molar-refractivity contribution in [2.24, 2.45) is 0 Å². The highest BCUT2D eigenvalue weighted by Gasteiger charge is 2.44.